The van der Waals surface area contributed by atoms with Gasteiger partial charge in [-0.15, -0.1) is 0 Å². The van der Waals surface area contributed by atoms with Crippen LogP contribution < -0.4 is 4.74 Å². The molecule has 0 amide bonds. The molecule has 1 aliphatic heterocycles. The van der Waals surface area contributed by atoms with Crippen LogP contribution in [-0.2, 0) is 0 Å². The van der Waals surface area contributed by atoms with Crippen molar-refractivity contribution in [2.24, 2.45) is 0 Å². The number of ether oxygens (including phenoxy) is 1. The van der Waals surface area contributed by atoms with Crippen molar-refractivity contribution >= 4 is 11.6 Å². The molecule has 1 saturated heterocycles. The van der Waals surface area contributed by atoms with Gasteiger partial charge in [-0.25, -0.2) is 9.97 Å². The van der Waals surface area contributed by atoms with Gasteiger partial charge in [0.15, 0.2) is 5.15 Å². The van der Waals surface area contributed by atoms with Crippen molar-refractivity contribution in [2.75, 3.05) is 20.2 Å². The molecule has 0 N–H and O–H groups in total. The summed E-state index contributed by atoms with van der Waals surface area (Å²) < 4.78 is 5.60. The smallest absolute Gasteiger partial charge is 0.252 e. The Kier molecular flexibility index (Phi) is 3.96. The van der Waals surface area contributed by atoms with Crippen LogP contribution in [0.1, 0.15) is 19.3 Å². The summed E-state index contributed by atoms with van der Waals surface area (Å²) >= 11 is 5.87. The first kappa shape index (κ1) is 11.6. The molecule has 2 heterocycles. The van der Waals surface area contributed by atoms with E-state index in [-0.39, 0.29) is 0 Å². The van der Waals surface area contributed by atoms with Crippen LogP contribution in [0.2, 0.25) is 5.15 Å². The van der Waals surface area contributed by atoms with Crippen LogP contribution >= 0.6 is 11.6 Å². The number of likely N-dealkylation sites (N-methyl/N-ethyl adjacent to an activating group) is 1. The number of rotatable bonds is 3. The summed E-state index contributed by atoms with van der Waals surface area (Å²) in [7, 11) is 2.13. The first-order valence-electron chi connectivity index (χ1n) is 5.57. The summed E-state index contributed by atoms with van der Waals surface area (Å²) in [5, 5.41) is 0.334. The van der Waals surface area contributed by atoms with Crippen molar-refractivity contribution in [3.05, 3.63) is 17.5 Å². The second kappa shape index (κ2) is 5.46. The minimum Gasteiger partial charge on any atom is -0.474 e. The Balaban J connectivity index is 1.89. The van der Waals surface area contributed by atoms with Crippen LogP contribution in [0.3, 0.4) is 0 Å². The van der Waals surface area contributed by atoms with E-state index in [1.807, 2.05) is 0 Å². The standard InChI is InChI=1S/C11H16ClN3O/c1-15-7-3-2-4-9(15)8-16-11-10(12)13-5-6-14-11/h5-6,9H,2-4,7-8H2,1H3. The third kappa shape index (κ3) is 2.83. The SMILES string of the molecule is CN1CCCCC1COc1nccnc1Cl. The monoisotopic (exact) mass is 241 g/mol. The molecule has 1 aromatic rings. The van der Waals surface area contributed by atoms with Crippen LogP contribution in [0.15, 0.2) is 12.4 Å². The highest BCUT2D eigenvalue weighted by molar-refractivity contribution is 6.30. The zero-order chi connectivity index (χ0) is 11.4. The van der Waals surface area contributed by atoms with Crippen LogP contribution in [0.5, 0.6) is 5.88 Å². The average Bonchev–Trinajstić information content (AvgIpc) is 2.30. The van der Waals surface area contributed by atoms with Crippen molar-refractivity contribution < 1.29 is 4.74 Å². The minimum absolute atomic E-state index is 0.334. The van der Waals surface area contributed by atoms with Gasteiger partial charge in [0.25, 0.3) is 5.88 Å². The van der Waals surface area contributed by atoms with Crippen LogP contribution in [0.4, 0.5) is 0 Å². The highest BCUT2D eigenvalue weighted by Crippen LogP contribution is 2.20. The Morgan fingerprint density at radius 3 is 3.00 bits per heavy atom. The molecular formula is C11H16ClN3O. The Morgan fingerprint density at radius 1 is 1.44 bits per heavy atom. The number of hydrogen-bond acceptors (Lipinski definition) is 4. The highest BCUT2D eigenvalue weighted by Gasteiger charge is 2.19. The van der Waals surface area contributed by atoms with Gasteiger partial charge in [-0.2, -0.15) is 0 Å². The van der Waals surface area contributed by atoms with Gasteiger partial charge >= 0.3 is 0 Å². The van der Waals surface area contributed by atoms with Crippen LogP contribution in [0, 0.1) is 0 Å². The molecule has 1 aromatic heterocycles. The minimum atomic E-state index is 0.334. The number of aromatic nitrogens is 2. The number of likely N-dealkylation sites (tertiary alicyclic amines) is 1. The molecule has 4 nitrogen and oxygen atoms in total. The van der Waals surface area contributed by atoms with E-state index < -0.39 is 0 Å². The summed E-state index contributed by atoms with van der Waals surface area (Å²) in [6.45, 7) is 1.77. The van der Waals surface area contributed by atoms with E-state index >= 15 is 0 Å². The van der Waals surface area contributed by atoms with E-state index in [1.54, 1.807) is 12.4 Å². The van der Waals surface area contributed by atoms with E-state index in [2.05, 4.69) is 21.9 Å². The average molecular weight is 242 g/mol. The molecule has 1 atom stereocenters. The molecule has 2 rings (SSSR count). The zero-order valence-electron chi connectivity index (χ0n) is 9.40. The van der Waals surface area contributed by atoms with Gasteiger partial charge < -0.3 is 9.64 Å². The summed E-state index contributed by atoms with van der Waals surface area (Å²) in [5.74, 6) is 0.433. The summed E-state index contributed by atoms with van der Waals surface area (Å²) in [4.78, 5) is 10.3. The zero-order valence-corrected chi connectivity index (χ0v) is 10.2. The molecule has 88 valence electrons. The van der Waals surface area contributed by atoms with Crippen molar-refractivity contribution in [1.82, 2.24) is 14.9 Å². The van der Waals surface area contributed by atoms with Gasteiger partial charge in [0.1, 0.15) is 6.61 Å². The Labute approximate surface area is 101 Å². The maximum Gasteiger partial charge on any atom is 0.252 e. The molecule has 0 aliphatic carbocycles. The van der Waals surface area contributed by atoms with Gasteiger partial charge in [0.2, 0.25) is 0 Å². The molecular weight excluding hydrogens is 226 g/mol. The van der Waals surface area contributed by atoms with E-state index in [1.165, 1.54) is 19.3 Å². The first-order valence-corrected chi connectivity index (χ1v) is 5.94. The van der Waals surface area contributed by atoms with Crippen LogP contribution in [0.25, 0.3) is 0 Å². The van der Waals surface area contributed by atoms with Crippen molar-refractivity contribution in [2.45, 2.75) is 25.3 Å². The van der Waals surface area contributed by atoms with Gasteiger partial charge in [-0.1, -0.05) is 18.0 Å². The predicted octanol–water partition coefficient (Wildman–Crippen LogP) is 1.99. The fourth-order valence-electron chi connectivity index (χ4n) is 1.93. The Morgan fingerprint density at radius 2 is 2.25 bits per heavy atom. The molecule has 0 spiro atoms. The van der Waals surface area contributed by atoms with Gasteiger partial charge in [0.05, 0.1) is 0 Å². The van der Waals surface area contributed by atoms with E-state index in [0.29, 0.717) is 23.7 Å². The van der Waals surface area contributed by atoms with Crippen molar-refractivity contribution in [3.8, 4) is 5.88 Å². The quantitative estimate of drug-likeness (QED) is 0.811. The Bertz CT molecular complexity index is 348. The lowest BCUT2D eigenvalue weighted by molar-refractivity contribution is 0.122. The van der Waals surface area contributed by atoms with Crippen LogP contribution in [-0.4, -0.2) is 41.1 Å². The number of piperidine rings is 1. The lowest BCUT2D eigenvalue weighted by Gasteiger charge is -2.31. The molecule has 1 aliphatic rings. The second-order valence-electron chi connectivity index (χ2n) is 4.09. The fraction of sp³-hybridized carbons (Fsp3) is 0.636. The largest absolute Gasteiger partial charge is 0.474 e. The summed E-state index contributed by atoms with van der Waals surface area (Å²) in [6, 6.07) is 0.465. The number of hydrogen-bond donors (Lipinski definition) is 0. The number of halogens is 1. The fourth-order valence-corrected chi connectivity index (χ4v) is 2.09. The van der Waals surface area contributed by atoms with Gasteiger partial charge in [-0.3, -0.25) is 0 Å². The summed E-state index contributed by atoms with van der Waals surface area (Å²) in [6.07, 6.45) is 6.87. The van der Waals surface area contributed by atoms with Gasteiger partial charge in [0, 0.05) is 18.4 Å². The van der Waals surface area contributed by atoms with Crippen molar-refractivity contribution in [3.63, 3.8) is 0 Å². The van der Waals surface area contributed by atoms with Crippen molar-refractivity contribution in [1.29, 1.82) is 0 Å². The van der Waals surface area contributed by atoms with Gasteiger partial charge in [-0.05, 0) is 26.4 Å². The molecule has 0 saturated carbocycles. The first-order chi connectivity index (χ1) is 7.77. The number of nitrogens with zero attached hydrogens (tertiary/aromatic N) is 3. The Hall–Kier alpha value is -0.870. The molecule has 0 radical (unpaired) electrons. The molecule has 0 aromatic carbocycles. The van der Waals surface area contributed by atoms with E-state index in [4.69, 9.17) is 16.3 Å². The summed E-state index contributed by atoms with van der Waals surface area (Å²) in [5.41, 5.74) is 0. The molecule has 0 bridgehead atoms. The normalized spacial score (nSPS) is 22.0. The van der Waals surface area contributed by atoms with E-state index in [9.17, 15) is 0 Å². The lowest BCUT2D eigenvalue weighted by atomic mass is 10.0. The molecule has 5 heteroatoms. The third-order valence-electron chi connectivity index (χ3n) is 2.96. The second-order valence-corrected chi connectivity index (χ2v) is 4.45. The predicted molar refractivity (Wildman–Crippen MR) is 62.8 cm³/mol. The van der Waals surface area contributed by atoms with E-state index in [0.717, 1.165) is 6.54 Å². The third-order valence-corrected chi connectivity index (χ3v) is 3.22. The maximum absolute atomic E-state index is 5.87. The molecule has 1 fully saturated rings. The topological polar surface area (TPSA) is 38.2 Å². The maximum atomic E-state index is 5.87. The lowest BCUT2D eigenvalue weighted by Crippen LogP contribution is -2.40. The molecule has 1 unspecified atom stereocenters. The highest BCUT2D eigenvalue weighted by atomic mass is 35.5. The molecule has 16 heavy (non-hydrogen) atoms.